The van der Waals surface area contributed by atoms with Gasteiger partial charge in [0, 0.05) is 36.5 Å². The molecule has 1 aromatic carbocycles. The van der Waals surface area contributed by atoms with Crippen molar-refractivity contribution in [1.82, 2.24) is 20.1 Å². The average molecular weight is 455 g/mol. The summed E-state index contributed by atoms with van der Waals surface area (Å²) in [7, 11) is 0. The maximum absolute atomic E-state index is 5.93. The first-order chi connectivity index (χ1) is 15.6. The lowest BCUT2D eigenvalue weighted by Crippen LogP contribution is -2.34. The first kappa shape index (κ1) is 24.0. The van der Waals surface area contributed by atoms with E-state index >= 15 is 0 Å². The fourth-order valence-corrected chi connectivity index (χ4v) is 3.54. The topological polar surface area (TPSA) is 60.4 Å². The molecule has 0 unspecified atom stereocenters. The second kappa shape index (κ2) is 12.4. The van der Waals surface area contributed by atoms with Crippen molar-refractivity contribution in [3.05, 3.63) is 59.9 Å². The Morgan fingerprint density at radius 1 is 0.969 bits per heavy atom. The van der Waals surface area contributed by atoms with Crippen LogP contribution in [0.25, 0.3) is 11.3 Å². The minimum Gasteiger partial charge on any atom is -0.494 e. The highest BCUT2D eigenvalue weighted by Gasteiger charge is 2.10. The summed E-state index contributed by atoms with van der Waals surface area (Å²) in [6.07, 6.45) is 6.49. The molecule has 0 fully saturated rings. The highest BCUT2D eigenvalue weighted by atomic mass is 35.5. The zero-order valence-corrected chi connectivity index (χ0v) is 19.8. The van der Waals surface area contributed by atoms with Gasteiger partial charge in [-0.05, 0) is 63.1 Å². The number of rotatable bonds is 12. The molecule has 2 aromatic heterocycles. The summed E-state index contributed by atoms with van der Waals surface area (Å²) in [5, 5.41) is 8.90. The molecule has 170 valence electrons. The zero-order valence-electron chi connectivity index (χ0n) is 19.0. The molecule has 0 amide bonds. The van der Waals surface area contributed by atoms with E-state index in [1.54, 1.807) is 24.5 Å². The van der Waals surface area contributed by atoms with Crippen LogP contribution in [0.5, 0.6) is 17.4 Å². The summed E-state index contributed by atoms with van der Waals surface area (Å²) in [5.41, 5.74) is 1.73. The van der Waals surface area contributed by atoms with Crippen molar-refractivity contribution in [2.24, 2.45) is 0 Å². The maximum Gasteiger partial charge on any atom is 0.238 e. The molecule has 0 aliphatic heterocycles. The highest BCUT2D eigenvalue weighted by Crippen LogP contribution is 2.24. The Morgan fingerprint density at radius 2 is 1.78 bits per heavy atom. The number of hydrogen-bond acceptors (Lipinski definition) is 6. The largest absolute Gasteiger partial charge is 0.494 e. The van der Waals surface area contributed by atoms with E-state index in [4.69, 9.17) is 21.1 Å². The van der Waals surface area contributed by atoms with Crippen LogP contribution in [0.15, 0.2) is 54.9 Å². The first-order valence-corrected chi connectivity index (χ1v) is 11.6. The molecule has 0 bridgehead atoms. The van der Waals surface area contributed by atoms with E-state index in [0.29, 0.717) is 29.3 Å². The summed E-state index contributed by atoms with van der Waals surface area (Å²) in [6, 6.07) is 13.9. The Bertz CT molecular complexity index is 951. The van der Waals surface area contributed by atoms with E-state index in [1.165, 1.54) is 12.8 Å². The summed E-state index contributed by atoms with van der Waals surface area (Å²) >= 11 is 5.92. The van der Waals surface area contributed by atoms with Crippen LogP contribution >= 0.6 is 11.6 Å². The second-order valence-corrected chi connectivity index (χ2v) is 8.15. The lowest BCUT2D eigenvalue weighted by molar-refractivity contribution is 0.184. The molecule has 2 heterocycles. The summed E-state index contributed by atoms with van der Waals surface area (Å²) < 4.78 is 11.6. The van der Waals surface area contributed by atoms with Crippen LogP contribution in [0.1, 0.15) is 40.0 Å². The van der Waals surface area contributed by atoms with Gasteiger partial charge in [-0.2, -0.15) is 0 Å². The molecule has 0 saturated heterocycles. The Balaban J connectivity index is 1.49. The third-order valence-corrected chi connectivity index (χ3v) is 5.48. The van der Waals surface area contributed by atoms with Gasteiger partial charge in [-0.3, -0.25) is 4.98 Å². The van der Waals surface area contributed by atoms with Gasteiger partial charge in [-0.25, -0.2) is 0 Å². The summed E-state index contributed by atoms with van der Waals surface area (Å²) in [4.78, 5) is 6.53. The van der Waals surface area contributed by atoms with Crippen molar-refractivity contribution in [3.63, 3.8) is 0 Å². The van der Waals surface area contributed by atoms with Gasteiger partial charge in [-0.15, -0.1) is 10.2 Å². The van der Waals surface area contributed by atoms with Crippen molar-refractivity contribution < 1.29 is 9.47 Å². The molecule has 7 heteroatoms. The molecule has 0 aliphatic rings. The first-order valence-electron chi connectivity index (χ1n) is 11.2. The van der Waals surface area contributed by atoms with Crippen LogP contribution in [-0.4, -0.2) is 45.8 Å². The zero-order chi connectivity index (χ0) is 22.8. The number of hydrogen-bond donors (Lipinski definition) is 0. The van der Waals surface area contributed by atoms with E-state index in [2.05, 4.69) is 40.9 Å². The molecule has 3 rings (SSSR count). The minimum atomic E-state index is 0.382. The fourth-order valence-electron chi connectivity index (χ4n) is 3.37. The molecule has 6 nitrogen and oxygen atoms in total. The Kier molecular flexibility index (Phi) is 9.26. The van der Waals surface area contributed by atoms with Gasteiger partial charge in [-0.1, -0.05) is 25.4 Å². The predicted molar refractivity (Wildman–Crippen MR) is 129 cm³/mol. The van der Waals surface area contributed by atoms with E-state index in [-0.39, 0.29) is 0 Å². The van der Waals surface area contributed by atoms with Crippen molar-refractivity contribution in [2.75, 3.05) is 19.7 Å². The number of nitrogens with zero attached hydrogens (tertiary/aromatic N) is 4. The van der Waals surface area contributed by atoms with Crippen molar-refractivity contribution in [2.45, 2.75) is 46.1 Å². The van der Waals surface area contributed by atoms with Crippen molar-refractivity contribution in [1.29, 1.82) is 0 Å². The Hall–Kier alpha value is -2.70. The molecular formula is C25H31ClN4O2. The second-order valence-electron chi connectivity index (χ2n) is 7.72. The Morgan fingerprint density at radius 3 is 2.44 bits per heavy atom. The van der Waals surface area contributed by atoms with E-state index in [9.17, 15) is 0 Å². The molecule has 0 radical (unpaired) electrons. The van der Waals surface area contributed by atoms with E-state index in [0.717, 1.165) is 36.5 Å². The van der Waals surface area contributed by atoms with Crippen LogP contribution in [0.2, 0.25) is 5.02 Å². The minimum absolute atomic E-state index is 0.382. The van der Waals surface area contributed by atoms with Crippen LogP contribution in [-0.2, 0) is 0 Å². The normalized spacial score (nSPS) is 12.0. The van der Waals surface area contributed by atoms with E-state index in [1.807, 2.05) is 30.3 Å². The molecule has 0 N–H and O–H groups in total. The Labute approximate surface area is 195 Å². The van der Waals surface area contributed by atoms with Gasteiger partial charge >= 0.3 is 0 Å². The predicted octanol–water partition coefficient (Wildman–Crippen LogP) is 6.26. The third-order valence-electron chi connectivity index (χ3n) is 5.28. The molecule has 32 heavy (non-hydrogen) atoms. The SMILES string of the molecule is CCCN(CCCOc1ccc(-c2ccc(Oc3cncc(Cl)c3)nn2)cc1)[C@@H](C)CC. The summed E-state index contributed by atoms with van der Waals surface area (Å²) in [6.45, 7) is 9.69. The van der Waals surface area contributed by atoms with Crippen molar-refractivity contribution >= 4 is 11.6 Å². The van der Waals surface area contributed by atoms with Gasteiger partial charge in [0.15, 0.2) is 0 Å². The molecule has 0 saturated carbocycles. The molecule has 0 spiro atoms. The lowest BCUT2D eigenvalue weighted by atomic mass is 10.1. The standard InChI is InChI=1S/C25H31ClN4O2/c1-4-13-30(19(3)5-2)14-6-15-31-22-9-7-20(8-10-22)24-11-12-25(29-28-24)32-23-16-21(26)17-27-18-23/h7-12,16-19H,4-6,13-15H2,1-3H3/t19-/m0/s1. The van der Waals surface area contributed by atoms with Gasteiger partial charge in [0.2, 0.25) is 5.88 Å². The quantitative estimate of drug-likeness (QED) is 0.301. The molecule has 0 aliphatic carbocycles. The average Bonchev–Trinajstić information content (AvgIpc) is 2.81. The summed E-state index contributed by atoms with van der Waals surface area (Å²) in [5.74, 6) is 1.76. The number of pyridine rings is 1. The molecule has 3 aromatic rings. The van der Waals surface area contributed by atoms with Crippen LogP contribution in [0, 0.1) is 0 Å². The van der Waals surface area contributed by atoms with Crippen LogP contribution in [0.3, 0.4) is 0 Å². The van der Waals surface area contributed by atoms with Gasteiger partial charge in [0.25, 0.3) is 0 Å². The van der Waals surface area contributed by atoms with E-state index < -0.39 is 0 Å². The third kappa shape index (κ3) is 7.18. The number of ether oxygens (including phenoxy) is 2. The van der Waals surface area contributed by atoms with Crippen molar-refractivity contribution in [3.8, 4) is 28.6 Å². The van der Waals surface area contributed by atoms with Gasteiger partial charge < -0.3 is 14.4 Å². The lowest BCUT2D eigenvalue weighted by Gasteiger charge is -2.27. The van der Waals surface area contributed by atoms with Gasteiger partial charge in [0.05, 0.1) is 23.5 Å². The monoisotopic (exact) mass is 454 g/mol. The maximum atomic E-state index is 5.93. The number of halogens is 1. The highest BCUT2D eigenvalue weighted by molar-refractivity contribution is 6.30. The number of benzene rings is 1. The van der Waals surface area contributed by atoms with Gasteiger partial charge in [0.1, 0.15) is 11.5 Å². The molecular weight excluding hydrogens is 424 g/mol. The smallest absolute Gasteiger partial charge is 0.238 e. The van der Waals surface area contributed by atoms with Crippen LogP contribution < -0.4 is 9.47 Å². The fraction of sp³-hybridized carbons (Fsp3) is 0.400. The van der Waals surface area contributed by atoms with Crippen LogP contribution in [0.4, 0.5) is 0 Å². The number of aromatic nitrogens is 3. The molecule has 1 atom stereocenters.